The molecule has 2 aliphatic carbocycles. The Labute approximate surface area is 223 Å². The average Bonchev–Trinajstić information content (AvgIpc) is 3.68. The lowest BCUT2D eigenvalue weighted by molar-refractivity contribution is -0.172. The van der Waals surface area contributed by atoms with Crippen LogP contribution in [0.5, 0.6) is 11.5 Å². The second kappa shape index (κ2) is 8.71. The summed E-state index contributed by atoms with van der Waals surface area (Å²) in [4.78, 5) is 30.9. The topological polar surface area (TPSA) is 113 Å². The van der Waals surface area contributed by atoms with Gasteiger partial charge in [-0.1, -0.05) is 18.2 Å². The Morgan fingerprint density at radius 2 is 1.71 bits per heavy atom. The maximum absolute atomic E-state index is 14.0. The number of carbonyl (C=O) groups is 2. The van der Waals surface area contributed by atoms with Gasteiger partial charge in [-0.3, -0.25) is 14.6 Å². The van der Waals surface area contributed by atoms with Crippen molar-refractivity contribution in [2.75, 3.05) is 13.1 Å². The predicted molar refractivity (Wildman–Crippen MR) is 142 cm³/mol. The Balaban J connectivity index is 1.38. The number of aliphatic hydroxyl groups is 1. The minimum Gasteiger partial charge on any atom is -0.508 e. The fourth-order valence-corrected chi connectivity index (χ4v) is 7.51. The number of imide groups is 1. The van der Waals surface area contributed by atoms with Crippen molar-refractivity contribution >= 4 is 11.9 Å². The fraction of sp³-hybridized carbons (Fsp3) is 0.533. The lowest BCUT2D eigenvalue weighted by Gasteiger charge is -2.63. The number of fused-ring (bicyclic) bond motifs is 1. The Bertz CT molecular complexity index is 1280. The molecule has 0 bridgehead atoms. The van der Waals surface area contributed by atoms with Crippen LogP contribution in [0.1, 0.15) is 62.1 Å². The van der Waals surface area contributed by atoms with E-state index in [-0.39, 0.29) is 36.4 Å². The highest BCUT2D eigenvalue weighted by Crippen LogP contribution is 2.58. The van der Waals surface area contributed by atoms with Crippen molar-refractivity contribution < 1.29 is 24.9 Å². The largest absolute Gasteiger partial charge is 0.508 e. The molecule has 3 amide bonds. The Morgan fingerprint density at radius 3 is 2.42 bits per heavy atom. The molecule has 2 aromatic rings. The molecule has 2 heterocycles. The van der Waals surface area contributed by atoms with Gasteiger partial charge >= 0.3 is 6.03 Å². The molecular weight excluding hydrogens is 482 g/mol. The highest BCUT2D eigenvalue weighted by molar-refractivity contribution is 6.07. The number of amides is 3. The van der Waals surface area contributed by atoms with Gasteiger partial charge in [-0.2, -0.15) is 0 Å². The number of hydrogen-bond acceptors (Lipinski definition) is 6. The molecule has 0 radical (unpaired) electrons. The molecule has 1 spiro atoms. The van der Waals surface area contributed by atoms with Crippen molar-refractivity contribution in [1.82, 2.24) is 15.1 Å². The minimum absolute atomic E-state index is 0.112. The Kier molecular flexibility index (Phi) is 5.78. The van der Waals surface area contributed by atoms with Crippen LogP contribution >= 0.6 is 0 Å². The van der Waals surface area contributed by atoms with Crippen molar-refractivity contribution in [1.29, 1.82) is 0 Å². The van der Waals surface area contributed by atoms with Crippen LogP contribution < -0.4 is 5.32 Å². The number of hydrogen-bond donors (Lipinski definition) is 4. The molecule has 8 nitrogen and oxygen atoms in total. The zero-order valence-corrected chi connectivity index (χ0v) is 22.1. The number of benzene rings is 2. The lowest BCUT2D eigenvalue weighted by atomic mass is 9.49. The van der Waals surface area contributed by atoms with E-state index in [0.717, 1.165) is 29.8 Å². The molecule has 4 atom stereocenters. The highest BCUT2D eigenvalue weighted by Gasteiger charge is 2.68. The summed E-state index contributed by atoms with van der Waals surface area (Å²) in [5.74, 6) is 0.670. The van der Waals surface area contributed by atoms with Gasteiger partial charge in [0.2, 0.25) is 0 Å². The van der Waals surface area contributed by atoms with Gasteiger partial charge in [-0.25, -0.2) is 4.79 Å². The maximum atomic E-state index is 14.0. The summed E-state index contributed by atoms with van der Waals surface area (Å²) in [7, 11) is 0. The van der Waals surface area contributed by atoms with E-state index in [1.165, 1.54) is 17.7 Å². The van der Waals surface area contributed by atoms with Crippen LogP contribution in [0.25, 0.3) is 0 Å². The first kappa shape index (κ1) is 25.2. The monoisotopic (exact) mass is 519 g/mol. The number of aryl methyl sites for hydroxylation is 1. The van der Waals surface area contributed by atoms with Gasteiger partial charge < -0.3 is 20.6 Å². The summed E-state index contributed by atoms with van der Waals surface area (Å²) >= 11 is 0. The number of likely N-dealkylation sites (tertiary alicyclic amines) is 1. The number of nitrogens with one attached hydrogen (secondary N) is 1. The minimum atomic E-state index is -1.13. The van der Waals surface area contributed by atoms with Gasteiger partial charge in [-0.15, -0.1) is 0 Å². The highest BCUT2D eigenvalue weighted by atomic mass is 16.3. The number of carbonyl (C=O) groups excluding carboxylic acids is 2. The number of phenolic OH excluding ortho intramolecular Hbond substituents is 2. The number of aromatic hydroxyl groups is 2. The molecule has 0 aromatic heterocycles. The molecule has 2 aliphatic heterocycles. The molecule has 2 aromatic carbocycles. The molecule has 4 aliphatic rings. The summed E-state index contributed by atoms with van der Waals surface area (Å²) in [6.45, 7) is 5.95. The first-order chi connectivity index (χ1) is 18.1. The molecule has 202 valence electrons. The number of phenols is 2. The van der Waals surface area contributed by atoms with E-state index in [1.807, 2.05) is 13.0 Å². The van der Waals surface area contributed by atoms with Crippen molar-refractivity contribution in [3.8, 4) is 11.5 Å². The van der Waals surface area contributed by atoms with Crippen molar-refractivity contribution in [2.45, 2.75) is 81.5 Å². The number of rotatable bonds is 5. The van der Waals surface area contributed by atoms with Crippen molar-refractivity contribution in [3.05, 3.63) is 59.2 Å². The summed E-state index contributed by atoms with van der Waals surface area (Å²) in [6, 6.07) is 11.2. The fourth-order valence-electron chi connectivity index (χ4n) is 7.51. The molecule has 8 heteroatoms. The van der Waals surface area contributed by atoms with E-state index in [9.17, 15) is 24.9 Å². The van der Waals surface area contributed by atoms with Crippen LogP contribution in [-0.4, -0.2) is 67.3 Å². The van der Waals surface area contributed by atoms with Crippen molar-refractivity contribution in [3.63, 3.8) is 0 Å². The van der Waals surface area contributed by atoms with E-state index in [0.29, 0.717) is 25.2 Å². The third-order valence-corrected chi connectivity index (χ3v) is 9.88. The predicted octanol–water partition coefficient (Wildman–Crippen LogP) is 3.55. The van der Waals surface area contributed by atoms with Crippen LogP contribution in [0.4, 0.5) is 4.79 Å². The third-order valence-electron chi connectivity index (χ3n) is 9.88. The van der Waals surface area contributed by atoms with Crippen LogP contribution in [0.3, 0.4) is 0 Å². The average molecular weight is 520 g/mol. The van der Waals surface area contributed by atoms with Gasteiger partial charge in [0.05, 0.1) is 12.1 Å². The molecule has 4 fully saturated rings. The zero-order valence-electron chi connectivity index (χ0n) is 22.1. The van der Waals surface area contributed by atoms with Crippen LogP contribution in [0.15, 0.2) is 42.5 Å². The van der Waals surface area contributed by atoms with E-state index in [4.69, 9.17) is 0 Å². The van der Waals surface area contributed by atoms with Gasteiger partial charge in [-0.05, 0) is 106 Å². The summed E-state index contributed by atoms with van der Waals surface area (Å²) in [5, 5.41) is 35.8. The lowest BCUT2D eigenvalue weighted by Crippen LogP contribution is -2.73. The maximum Gasteiger partial charge on any atom is 0.325 e. The van der Waals surface area contributed by atoms with E-state index in [2.05, 4.69) is 17.1 Å². The number of urea groups is 1. The van der Waals surface area contributed by atoms with Crippen LogP contribution in [0.2, 0.25) is 0 Å². The Morgan fingerprint density at radius 1 is 1.00 bits per heavy atom. The second-order valence-electron chi connectivity index (χ2n) is 12.1. The van der Waals surface area contributed by atoms with Gasteiger partial charge in [0, 0.05) is 18.0 Å². The van der Waals surface area contributed by atoms with Gasteiger partial charge in [0.1, 0.15) is 17.0 Å². The molecule has 38 heavy (non-hydrogen) atoms. The molecular formula is C30H37N3O5. The van der Waals surface area contributed by atoms with Crippen LogP contribution in [-0.2, 0) is 16.8 Å². The first-order valence-electron chi connectivity index (χ1n) is 13.8. The van der Waals surface area contributed by atoms with Crippen molar-refractivity contribution in [2.24, 2.45) is 5.92 Å². The molecule has 2 saturated heterocycles. The quantitative estimate of drug-likeness (QED) is 0.450. The smallest absolute Gasteiger partial charge is 0.325 e. The van der Waals surface area contributed by atoms with Gasteiger partial charge in [0.15, 0.2) is 0 Å². The number of nitrogens with zero attached hydrogens (tertiary/aromatic N) is 2. The standard InChI is InChI=1S/C30H37N3O5/c1-19-3-8-24(35)15-25(19)28-13-14-32(16-21-4-5-21)20(2)30(28,38)12-11-29(18-28)26(36)33(27(37)31-29)17-22-6-9-23(34)10-7-22/h3,6-10,15,20-21,34-35,38H,4-5,11-14,16-18H2,1-2H3,(H,31,37)/t20-,28-,29+,30-/m1/s1. The van der Waals surface area contributed by atoms with E-state index < -0.39 is 22.6 Å². The van der Waals surface area contributed by atoms with Crippen LogP contribution in [0, 0.1) is 12.8 Å². The molecule has 0 unspecified atom stereocenters. The molecule has 2 saturated carbocycles. The second-order valence-corrected chi connectivity index (χ2v) is 12.1. The third kappa shape index (κ3) is 3.80. The first-order valence-corrected chi connectivity index (χ1v) is 13.8. The normalized spacial score (nSPS) is 33.4. The zero-order chi connectivity index (χ0) is 26.9. The molecule has 4 N–H and O–H groups in total. The van der Waals surface area contributed by atoms with Gasteiger partial charge in [0.25, 0.3) is 5.91 Å². The summed E-state index contributed by atoms with van der Waals surface area (Å²) in [6.07, 6.45) is 4.09. The van der Waals surface area contributed by atoms with E-state index >= 15 is 0 Å². The van der Waals surface area contributed by atoms with E-state index in [1.54, 1.807) is 36.4 Å². The Hall–Kier alpha value is -3.10. The molecule has 6 rings (SSSR count). The number of piperidine rings is 1. The SMILES string of the molecule is Cc1ccc(O)cc1[C@]12CCN(CC3CC3)[C@H](C)[C@]1(O)CC[C@@]1(C2)NC(=O)N(Cc2ccc(O)cc2)C1=O. The summed E-state index contributed by atoms with van der Waals surface area (Å²) < 4.78 is 0. The summed E-state index contributed by atoms with van der Waals surface area (Å²) in [5.41, 5.74) is -0.507.